The second kappa shape index (κ2) is 8.23. The van der Waals surface area contributed by atoms with Crippen LogP contribution in [0.4, 0.5) is 5.82 Å². The zero-order valence-electron chi connectivity index (χ0n) is 17.3. The van der Waals surface area contributed by atoms with E-state index in [2.05, 4.69) is 52.8 Å². The highest BCUT2D eigenvalue weighted by molar-refractivity contribution is 5.93. The van der Waals surface area contributed by atoms with Gasteiger partial charge in [0, 0.05) is 30.4 Å². The number of pyridine rings is 1. The Morgan fingerprint density at radius 2 is 1.63 bits per heavy atom. The largest absolute Gasteiger partial charge is 0.373 e. The zero-order chi connectivity index (χ0) is 20.3. The van der Waals surface area contributed by atoms with E-state index in [0.717, 1.165) is 28.2 Å². The van der Waals surface area contributed by atoms with Crippen LogP contribution < -0.4 is 5.32 Å². The number of hydrogen-bond acceptors (Lipinski definition) is 4. The van der Waals surface area contributed by atoms with Gasteiger partial charge in [0.1, 0.15) is 5.82 Å². The van der Waals surface area contributed by atoms with Gasteiger partial charge < -0.3 is 5.32 Å². The first-order valence-corrected chi connectivity index (χ1v) is 10.8. The predicted molar refractivity (Wildman–Crippen MR) is 124 cm³/mol. The lowest BCUT2D eigenvalue weighted by Crippen LogP contribution is -2.04. The van der Waals surface area contributed by atoms with Crippen LogP contribution in [0.2, 0.25) is 0 Å². The molecule has 30 heavy (non-hydrogen) atoms. The molecule has 1 aliphatic carbocycles. The lowest BCUT2D eigenvalue weighted by Gasteiger charge is -2.22. The molecule has 0 spiro atoms. The van der Waals surface area contributed by atoms with Crippen molar-refractivity contribution in [2.45, 2.75) is 38.0 Å². The normalized spacial score (nSPS) is 14.7. The molecular formula is C26H26N4. The van der Waals surface area contributed by atoms with E-state index in [9.17, 15) is 0 Å². The van der Waals surface area contributed by atoms with Gasteiger partial charge in [0.25, 0.3) is 0 Å². The van der Waals surface area contributed by atoms with Crippen LogP contribution in [0.15, 0.2) is 67.0 Å². The molecule has 0 radical (unpaired) electrons. The Bertz CT molecular complexity index is 1150. The summed E-state index contributed by atoms with van der Waals surface area (Å²) in [5.41, 5.74) is 5.75. The van der Waals surface area contributed by atoms with Crippen molar-refractivity contribution < 1.29 is 0 Å². The Morgan fingerprint density at radius 3 is 2.37 bits per heavy atom. The highest BCUT2D eigenvalue weighted by Gasteiger charge is 2.15. The quantitative estimate of drug-likeness (QED) is 0.432. The molecule has 4 aromatic rings. The van der Waals surface area contributed by atoms with Crippen molar-refractivity contribution in [3.05, 3.63) is 72.6 Å². The standard InChI is InChI=1S/C26H26N4/c1-27-26-23-16-21(20-11-9-19(10-12-20)18-6-3-2-4-7-18)13-14-24(23)29-25(30-26)22-8-5-15-28-17-22/h5,8-18H,2-4,6-7H2,1H3,(H,27,29,30). The van der Waals surface area contributed by atoms with Gasteiger partial charge in [-0.1, -0.05) is 49.6 Å². The molecule has 2 aromatic heterocycles. The van der Waals surface area contributed by atoms with Gasteiger partial charge in [-0.2, -0.15) is 0 Å². The molecule has 1 N–H and O–H groups in total. The van der Waals surface area contributed by atoms with E-state index in [0.29, 0.717) is 5.82 Å². The van der Waals surface area contributed by atoms with Crippen LogP contribution in [0.3, 0.4) is 0 Å². The second-order valence-corrected chi connectivity index (χ2v) is 8.08. The summed E-state index contributed by atoms with van der Waals surface area (Å²) in [7, 11) is 1.90. The smallest absolute Gasteiger partial charge is 0.163 e. The third kappa shape index (κ3) is 3.65. The highest BCUT2D eigenvalue weighted by atomic mass is 15.0. The van der Waals surface area contributed by atoms with E-state index in [-0.39, 0.29) is 0 Å². The first-order chi connectivity index (χ1) is 14.8. The summed E-state index contributed by atoms with van der Waals surface area (Å²) in [6.45, 7) is 0. The molecule has 4 nitrogen and oxygen atoms in total. The molecule has 5 rings (SSSR count). The molecule has 1 aliphatic rings. The van der Waals surface area contributed by atoms with Gasteiger partial charge >= 0.3 is 0 Å². The Kier molecular flexibility index (Phi) is 5.14. The van der Waals surface area contributed by atoms with Crippen LogP contribution >= 0.6 is 0 Å². The monoisotopic (exact) mass is 394 g/mol. The summed E-state index contributed by atoms with van der Waals surface area (Å²) in [6.07, 6.45) is 10.3. The van der Waals surface area contributed by atoms with Crippen molar-refractivity contribution in [1.82, 2.24) is 15.0 Å². The van der Waals surface area contributed by atoms with Crippen LogP contribution in [-0.4, -0.2) is 22.0 Å². The molecule has 150 valence electrons. The molecule has 0 aliphatic heterocycles. The lowest BCUT2D eigenvalue weighted by molar-refractivity contribution is 0.443. The van der Waals surface area contributed by atoms with Crippen molar-refractivity contribution in [1.29, 1.82) is 0 Å². The van der Waals surface area contributed by atoms with Crippen molar-refractivity contribution in [2.24, 2.45) is 0 Å². The van der Waals surface area contributed by atoms with E-state index in [4.69, 9.17) is 9.97 Å². The van der Waals surface area contributed by atoms with Crippen molar-refractivity contribution in [2.75, 3.05) is 12.4 Å². The van der Waals surface area contributed by atoms with Gasteiger partial charge in [-0.05, 0) is 59.7 Å². The Labute approximate surface area is 177 Å². The van der Waals surface area contributed by atoms with E-state index < -0.39 is 0 Å². The fourth-order valence-electron chi connectivity index (χ4n) is 4.51. The first kappa shape index (κ1) is 18.7. The van der Waals surface area contributed by atoms with Crippen LogP contribution in [0, 0.1) is 0 Å². The molecule has 0 amide bonds. The maximum absolute atomic E-state index is 4.77. The number of benzene rings is 2. The molecule has 0 unspecified atom stereocenters. The summed E-state index contributed by atoms with van der Waals surface area (Å²) in [6, 6.07) is 19.5. The molecule has 1 saturated carbocycles. The van der Waals surface area contributed by atoms with E-state index in [1.165, 1.54) is 48.8 Å². The fraction of sp³-hybridized carbons (Fsp3) is 0.269. The maximum Gasteiger partial charge on any atom is 0.163 e. The third-order valence-electron chi connectivity index (χ3n) is 6.17. The van der Waals surface area contributed by atoms with Crippen LogP contribution in [0.1, 0.15) is 43.6 Å². The van der Waals surface area contributed by atoms with Crippen molar-refractivity contribution in [3.63, 3.8) is 0 Å². The number of hydrogen-bond donors (Lipinski definition) is 1. The molecule has 0 saturated heterocycles. The Hall–Kier alpha value is -3.27. The molecule has 1 fully saturated rings. The van der Waals surface area contributed by atoms with Gasteiger partial charge in [-0.3, -0.25) is 4.98 Å². The van der Waals surface area contributed by atoms with E-state index in [1.54, 1.807) is 12.4 Å². The number of anilines is 1. The third-order valence-corrected chi connectivity index (χ3v) is 6.17. The minimum absolute atomic E-state index is 0.685. The summed E-state index contributed by atoms with van der Waals surface area (Å²) in [5.74, 6) is 2.25. The molecular weight excluding hydrogens is 368 g/mol. The summed E-state index contributed by atoms with van der Waals surface area (Å²) in [5, 5.41) is 4.27. The molecule has 0 bridgehead atoms. The predicted octanol–water partition coefficient (Wildman–Crippen LogP) is 6.45. The number of nitrogens with one attached hydrogen (secondary N) is 1. The van der Waals surface area contributed by atoms with Gasteiger partial charge in [-0.15, -0.1) is 0 Å². The molecule has 2 heterocycles. The number of nitrogens with zero attached hydrogens (tertiary/aromatic N) is 3. The minimum Gasteiger partial charge on any atom is -0.373 e. The number of aromatic nitrogens is 3. The first-order valence-electron chi connectivity index (χ1n) is 10.8. The minimum atomic E-state index is 0.685. The SMILES string of the molecule is CNc1nc(-c2cccnc2)nc2ccc(-c3ccc(C4CCCCC4)cc3)cc12. The number of fused-ring (bicyclic) bond motifs is 1. The van der Waals surface area contributed by atoms with E-state index in [1.807, 2.05) is 19.2 Å². The fourth-order valence-corrected chi connectivity index (χ4v) is 4.51. The van der Waals surface area contributed by atoms with Crippen LogP contribution in [0.25, 0.3) is 33.4 Å². The summed E-state index contributed by atoms with van der Waals surface area (Å²) < 4.78 is 0. The average Bonchev–Trinajstić information content (AvgIpc) is 2.84. The van der Waals surface area contributed by atoms with Gasteiger partial charge in [0.05, 0.1) is 5.52 Å². The lowest BCUT2D eigenvalue weighted by atomic mass is 9.83. The van der Waals surface area contributed by atoms with Crippen molar-refractivity contribution >= 4 is 16.7 Å². The van der Waals surface area contributed by atoms with Crippen molar-refractivity contribution in [3.8, 4) is 22.5 Å². The summed E-state index contributed by atoms with van der Waals surface area (Å²) >= 11 is 0. The summed E-state index contributed by atoms with van der Waals surface area (Å²) in [4.78, 5) is 13.7. The van der Waals surface area contributed by atoms with Gasteiger partial charge in [0.15, 0.2) is 5.82 Å². The highest BCUT2D eigenvalue weighted by Crippen LogP contribution is 2.34. The molecule has 4 heteroatoms. The van der Waals surface area contributed by atoms with Gasteiger partial charge in [-0.25, -0.2) is 9.97 Å². The number of rotatable bonds is 4. The Balaban J connectivity index is 1.50. The topological polar surface area (TPSA) is 50.7 Å². The second-order valence-electron chi connectivity index (χ2n) is 8.08. The zero-order valence-corrected chi connectivity index (χ0v) is 17.3. The van der Waals surface area contributed by atoms with E-state index >= 15 is 0 Å². The van der Waals surface area contributed by atoms with Crippen LogP contribution in [0.5, 0.6) is 0 Å². The molecule has 2 aromatic carbocycles. The molecule has 0 atom stereocenters. The van der Waals surface area contributed by atoms with Crippen LogP contribution in [-0.2, 0) is 0 Å². The Morgan fingerprint density at radius 1 is 0.833 bits per heavy atom. The van der Waals surface area contributed by atoms with Gasteiger partial charge in [0.2, 0.25) is 0 Å². The average molecular weight is 395 g/mol. The maximum atomic E-state index is 4.77.